The lowest BCUT2D eigenvalue weighted by Gasteiger charge is -2.10. The fourth-order valence-corrected chi connectivity index (χ4v) is 2.08. The van der Waals surface area contributed by atoms with Gasteiger partial charge >= 0.3 is 0 Å². The molecule has 1 amide bonds. The molecule has 2 aromatic rings. The molecule has 0 heterocycles. The number of hydrogen-bond donors (Lipinski definition) is 1. The molecule has 2 rings (SSSR count). The maximum Gasteiger partial charge on any atom is 0.216 e. The van der Waals surface area contributed by atoms with E-state index in [-0.39, 0.29) is 11.7 Å². The van der Waals surface area contributed by atoms with E-state index in [1.807, 2.05) is 18.2 Å². The number of fused-ring (bicyclic) bond motifs is 1. The van der Waals surface area contributed by atoms with Gasteiger partial charge in [0.05, 0.1) is 7.11 Å². The molecule has 0 bridgehead atoms. The molecule has 19 heavy (non-hydrogen) atoms. The molecule has 2 aromatic carbocycles. The molecule has 0 saturated heterocycles. The SMILES string of the molecule is COc1ccc2ccc(F)c(CCNC(C)=O)c2c1. The molecule has 0 atom stereocenters. The lowest BCUT2D eigenvalue weighted by molar-refractivity contribution is -0.118. The molecule has 0 saturated carbocycles. The van der Waals surface area contributed by atoms with Crippen LogP contribution in [0.15, 0.2) is 30.3 Å². The summed E-state index contributed by atoms with van der Waals surface area (Å²) in [6.45, 7) is 1.87. The molecule has 3 nitrogen and oxygen atoms in total. The van der Waals surface area contributed by atoms with Gasteiger partial charge in [0, 0.05) is 13.5 Å². The predicted octanol–water partition coefficient (Wildman–Crippen LogP) is 2.67. The molecule has 0 aromatic heterocycles. The van der Waals surface area contributed by atoms with Gasteiger partial charge in [-0.3, -0.25) is 4.79 Å². The molecule has 0 fully saturated rings. The van der Waals surface area contributed by atoms with E-state index in [2.05, 4.69) is 5.32 Å². The van der Waals surface area contributed by atoms with E-state index in [4.69, 9.17) is 4.74 Å². The van der Waals surface area contributed by atoms with Crippen LogP contribution in [-0.4, -0.2) is 19.6 Å². The van der Waals surface area contributed by atoms with Crippen LogP contribution >= 0.6 is 0 Å². The predicted molar refractivity (Wildman–Crippen MR) is 72.8 cm³/mol. The molecular formula is C15H16FNO2. The number of ether oxygens (including phenoxy) is 1. The number of amides is 1. The Balaban J connectivity index is 2.38. The molecular weight excluding hydrogens is 245 g/mol. The highest BCUT2D eigenvalue weighted by Gasteiger charge is 2.08. The van der Waals surface area contributed by atoms with Crippen molar-refractivity contribution in [2.24, 2.45) is 0 Å². The Morgan fingerprint density at radius 2 is 2.05 bits per heavy atom. The Morgan fingerprint density at radius 3 is 2.74 bits per heavy atom. The first-order valence-electron chi connectivity index (χ1n) is 6.11. The van der Waals surface area contributed by atoms with E-state index in [1.165, 1.54) is 13.0 Å². The summed E-state index contributed by atoms with van der Waals surface area (Å²) in [7, 11) is 1.58. The molecule has 100 valence electrons. The van der Waals surface area contributed by atoms with Gasteiger partial charge in [0.2, 0.25) is 5.91 Å². The second-order valence-corrected chi connectivity index (χ2v) is 4.35. The lowest BCUT2D eigenvalue weighted by Crippen LogP contribution is -2.22. The minimum absolute atomic E-state index is 0.113. The summed E-state index contributed by atoms with van der Waals surface area (Å²) in [5, 5.41) is 4.46. The molecule has 4 heteroatoms. The van der Waals surface area contributed by atoms with Gasteiger partial charge in [-0.25, -0.2) is 4.39 Å². The number of rotatable bonds is 4. The van der Waals surface area contributed by atoms with Crippen molar-refractivity contribution in [3.8, 4) is 5.75 Å². The third kappa shape index (κ3) is 3.02. The van der Waals surface area contributed by atoms with Gasteiger partial charge in [-0.05, 0) is 41.0 Å². The first-order chi connectivity index (χ1) is 9.11. The topological polar surface area (TPSA) is 38.3 Å². The Hall–Kier alpha value is -2.10. The highest BCUT2D eigenvalue weighted by atomic mass is 19.1. The number of nitrogens with one attached hydrogen (secondary N) is 1. The summed E-state index contributed by atoms with van der Waals surface area (Å²) in [6.07, 6.45) is 0.454. The van der Waals surface area contributed by atoms with Crippen LogP contribution in [0.25, 0.3) is 10.8 Å². The third-order valence-corrected chi connectivity index (χ3v) is 3.03. The number of methoxy groups -OCH3 is 1. The minimum Gasteiger partial charge on any atom is -0.497 e. The summed E-state index contributed by atoms with van der Waals surface area (Å²) in [6, 6.07) is 8.76. The molecule has 0 radical (unpaired) electrons. The van der Waals surface area contributed by atoms with Crippen LogP contribution in [0.4, 0.5) is 4.39 Å². The summed E-state index contributed by atoms with van der Waals surface area (Å²) < 4.78 is 19.1. The number of carbonyl (C=O) groups is 1. The Bertz CT molecular complexity index is 610. The van der Waals surface area contributed by atoms with Crippen molar-refractivity contribution in [1.82, 2.24) is 5.32 Å². The zero-order valence-corrected chi connectivity index (χ0v) is 11.0. The van der Waals surface area contributed by atoms with Crippen molar-refractivity contribution in [3.05, 3.63) is 41.7 Å². The molecule has 0 aliphatic carbocycles. The summed E-state index contributed by atoms with van der Waals surface area (Å²) in [5.74, 6) is 0.322. The van der Waals surface area contributed by atoms with Gasteiger partial charge in [-0.15, -0.1) is 0 Å². The second kappa shape index (κ2) is 5.69. The Morgan fingerprint density at radius 1 is 1.32 bits per heavy atom. The fourth-order valence-electron chi connectivity index (χ4n) is 2.08. The van der Waals surface area contributed by atoms with Crippen LogP contribution in [0.2, 0.25) is 0 Å². The van der Waals surface area contributed by atoms with Gasteiger partial charge in [-0.1, -0.05) is 12.1 Å². The summed E-state index contributed by atoms with van der Waals surface area (Å²) in [4.78, 5) is 10.9. The monoisotopic (exact) mass is 261 g/mol. The Labute approximate surface area is 111 Å². The number of carbonyl (C=O) groups excluding carboxylic acids is 1. The van der Waals surface area contributed by atoms with Crippen LogP contribution in [0.3, 0.4) is 0 Å². The summed E-state index contributed by atoms with van der Waals surface area (Å²) >= 11 is 0. The van der Waals surface area contributed by atoms with E-state index in [0.29, 0.717) is 24.3 Å². The first kappa shape index (κ1) is 13.3. The van der Waals surface area contributed by atoms with Crippen molar-refractivity contribution < 1.29 is 13.9 Å². The largest absolute Gasteiger partial charge is 0.497 e. The van der Waals surface area contributed by atoms with Gasteiger partial charge < -0.3 is 10.1 Å². The van der Waals surface area contributed by atoms with Gasteiger partial charge in [0.1, 0.15) is 11.6 Å². The second-order valence-electron chi connectivity index (χ2n) is 4.35. The molecule has 0 spiro atoms. The average Bonchev–Trinajstić information content (AvgIpc) is 2.40. The van der Waals surface area contributed by atoms with Crippen LogP contribution in [-0.2, 0) is 11.2 Å². The number of benzene rings is 2. The highest BCUT2D eigenvalue weighted by Crippen LogP contribution is 2.26. The first-order valence-corrected chi connectivity index (χ1v) is 6.11. The van der Waals surface area contributed by atoms with E-state index in [9.17, 15) is 9.18 Å². The fraction of sp³-hybridized carbons (Fsp3) is 0.267. The van der Waals surface area contributed by atoms with Crippen LogP contribution < -0.4 is 10.1 Å². The van der Waals surface area contributed by atoms with Crippen molar-refractivity contribution >= 4 is 16.7 Å². The smallest absolute Gasteiger partial charge is 0.216 e. The van der Waals surface area contributed by atoms with Gasteiger partial charge in [0.15, 0.2) is 0 Å². The normalized spacial score (nSPS) is 10.5. The van der Waals surface area contributed by atoms with E-state index in [1.54, 1.807) is 13.2 Å². The van der Waals surface area contributed by atoms with Crippen molar-refractivity contribution in [1.29, 1.82) is 0 Å². The van der Waals surface area contributed by atoms with Crippen molar-refractivity contribution in [2.75, 3.05) is 13.7 Å². The third-order valence-electron chi connectivity index (χ3n) is 3.03. The molecule has 1 N–H and O–H groups in total. The maximum absolute atomic E-state index is 13.9. The van der Waals surface area contributed by atoms with Crippen LogP contribution in [0.5, 0.6) is 5.75 Å². The molecule has 0 unspecified atom stereocenters. The van der Waals surface area contributed by atoms with E-state index in [0.717, 1.165) is 10.8 Å². The Kier molecular flexibility index (Phi) is 4.00. The van der Waals surface area contributed by atoms with Crippen molar-refractivity contribution in [3.63, 3.8) is 0 Å². The number of hydrogen-bond acceptors (Lipinski definition) is 2. The summed E-state index contributed by atoms with van der Waals surface area (Å²) in [5.41, 5.74) is 0.602. The van der Waals surface area contributed by atoms with Crippen LogP contribution in [0, 0.1) is 5.82 Å². The van der Waals surface area contributed by atoms with Gasteiger partial charge in [-0.2, -0.15) is 0 Å². The zero-order chi connectivity index (χ0) is 13.8. The van der Waals surface area contributed by atoms with Gasteiger partial charge in [0.25, 0.3) is 0 Å². The minimum atomic E-state index is -0.258. The van der Waals surface area contributed by atoms with E-state index >= 15 is 0 Å². The quantitative estimate of drug-likeness (QED) is 0.919. The lowest BCUT2D eigenvalue weighted by atomic mass is 10.0. The molecule has 0 aliphatic rings. The van der Waals surface area contributed by atoms with Crippen LogP contribution in [0.1, 0.15) is 12.5 Å². The average molecular weight is 261 g/mol. The van der Waals surface area contributed by atoms with E-state index < -0.39 is 0 Å². The standard InChI is InChI=1S/C15H16FNO2/c1-10(18)17-8-7-13-14-9-12(19-2)5-3-11(14)4-6-15(13)16/h3-6,9H,7-8H2,1-2H3,(H,17,18). The molecule has 0 aliphatic heterocycles. The van der Waals surface area contributed by atoms with Crippen molar-refractivity contribution in [2.45, 2.75) is 13.3 Å². The highest BCUT2D eigenvalue weighted by molar-refractivity contribution is 5.87. The number of halogens is 1. The maximum atomic E-state index is 13.9. The zero-order valence-electron chi connectivity index (χ0n) is 11.0.